The second kappa shape index (κ2) is 49.0. The van der Waals surface area contributed by atoms with Crippen molar-refractivity contribution in [1.29, 1.82) is 0 Å². The summed E-state index contributed by atoms with van der Waals surface area (Å²) in [5.41, 5.74) is 0.202. The predicted octanol–water partition coefficient (Wildman–Crippen LogP) is 18.2. The Morgan fingerprint density at radius 3 is 0.719 bits per heavy atom. The van der Waals surface area contributed by atoms with E-state index in [1.165, 1.54) is 257 Å². The molecule has 0 aromatic rings. The van der Waals surface area contributed by atoms with E-state index in [0.29, 0.717) is 13.2 Å². The van der Waals surface area contributed by atoms with Crippen LogP contribution in [0.2, 0.25) is 0 Å². The van der Waals surface area contributed by atoms with Crippen LogP contribution in [0.15, 0.2) is 12.2 Å². The molecule has 0 saturated carbocycles. The van der Waals surface area contributed by atoms with E-state index in [1.54, 1.807) is 0 Å². The minimum atomic E-state index is -0.459. The molecular formula is C53H102O4. The van der Waals surface area contributed by atoms with Crippen LogP contribution in [0.5, 0.6) is 0 Å². The normalized spacial score (nSPS) is 11.3. The molecule has 338 valence electrons. The second-order valence-electron chi connectivity index (χ2n) is 18.0. The maximum atomic E-state index is 12.2. The number of rotatable bonds is 49. The highest BCUT2D eigenvalue weighted by Gasteiger charge is 2.14. The fourth-order valence-electron chi connectivity index (χ4n) is 8.17. The highest BCUT2D eigenvalue weighted by atomic mass is 16.5. The molecule has 0 aliphatic carbocycles. The first-order valence-electron chi connectivity index (χ1n) is 26.1. The minimum absolute atomic E-state index is 0.0719. The Balaban J connectivity index is 3.33. The number of hydrogen-bond donors (Lipinski definition) is 0. The van der Waals surface area contributed by atoms with Crippen LogP contribution in [0.25, 0.3) is 0 Å². The van der Waals surface area contributed by atoms with E-state index >= 15 is 0 Å². The molecule has 0 heterocycles. The highest BCUT2D eigenvalue weighted by molar-refractivity contribution is 5.93. The van der Waals surface area contributed by atoms with Gasteiger partial charge < -0.3 is 9.47 Å². The van der Waals surface area contributed by atoms with Gasteiger partial charge in [-0.15, -0.1) is 0 Å². The number of ether oxygens (including phenoxy) is 2. The van der Waals surface area contributed by atoms with Crippen molar-refractivity contribution in [2.24, 2.45) is 0 Å². The van der Waals surface area contributed by atoms with Gasteiger partial charge in [0.05, 0.1) is 19.6 Å². The van der Waals surface area contributed by atoms with Crippen LogP contribution in [-0.4, -0.2) is 25.2 Å². The van der Waals surface area contributed by atoms with Gasteiger partial charge in [-0.25, -0.2) is 4.79 Å². The van der Waals surface area contributed by atoms with E-state index in [0.717, 1.165) is 25.7 Å². The van der Waals surface area contributed by atoms with Crippen molar-refractivity contribution in [3.05, 3.63) is 12.2 Å². The van der Waals surface area contributed by atoms with Gasteiger partial charge in [-0.3, -0.25) is 4.79 Å². The van der Waals surface area contributed by atoms with Crippen LogP contribution in [0, 0.1) is 0 Å². The molecule has 0 atom stereocenters. The third-order valence-corrected chi connectivity index (χ3v) is 12.1. The predicted molar refractivity (Wildman–Crippen MR) is 250 cm³/mol. The Bertz CT molecular complexity index is 822. The lowest BCUT2D eigenvalue weighted by Crippen LogP contribution is -2.14. The molecule has 0 aliphatic heterocycles. The van der Waals surface area contributed by atoms with E-state index in [-0.39, 0.29) is 18.0 Å². The number of unbranched alkanes of at least 4 members (excludes halogenated alkanes) is 42. The molecule has 0 aromatic carbocycles. The molecule has 0 rings (SSSR count). The summed E-state index contributed by atoms with van der Waals surface area (Å²) in [6, 6.07) is 0. The fraction of sp³-hybridized carbons (Fsp3) is 0.925. The van der Waals surface area contributed by atoms with Crippen LogP contribution in [0.1, 0.15) is 303 Å². The lowest BCUT2D eigenvalue weighted by Gasteiger charge is -2.08. The minimum Gasteiger partial charge on any atom is -0.465 e. The average Bonchev–Trinajstić information content (AvgIpc) is 3.21. The van der Waals surface area contributed by atoms with Crippen molar-refractivity contribution in [1.82, 2.24) is 0 Å². The Hall–Kier alpha value is -1.32. The molecule has 0 bridgehead atoms. The monoisotopic (exact) mass is 803 g/mol. The summed E-state index contributed by atoms with van der Waals surface area (Å²) in [7, 11) is 0. The quantitative estimate of drug-likeness (QED) is 0.0349. The maximum absolute atomic E-state index is 12.2. The Morgan fingerprint density at radius 1 is 0.298 bits per heavy atom. The molecular weight excluding hydrogens is 701 g/mol. The zero-order valence-electron chi connectivity index (χ0n) is 39.1. The summed E-state index contributed by atoms with van der Waals surface area (Å²) < 4.78 is 10.7. The van der Waals surface area contributed by atoms with E-state index in [9.17, 15) is 9.59 Å². The van der Waals surface area contributed by atoms with Gasteiger partial charge in [-0.1, -0.05) is 290 Å². The smallest absolute Gasteiger partial charge is 0.333 e. The molecule has 0 aromatic heterocycles. The summed E-state index contributed by atoms with van der Waals surface area (Å²) in [6.07, 6.45) is 59.8. The zero-order valence-corrected chi connectivity index (χ0v) is 39.1. The first-order valence-corrected chi connectivity index (χ1v) is 26.1. The van der Waals surface area contributed by atoms with Crippen LogP contribution < -0.4 is 0 Å². The molecule has 57 heavy (non-hydrogen) atoms. The zero-order chi connectivity index (χ0) is 41.4. The van der Waals surface area contributed by atoms with Crippen molar-refractivity contribution in [3.8, 4) is 0 Å². The van der Waals surface area contributed by atoms with Crippen LogP contribution in [0.3, 0.4) is 0 Å². The molecule has 0 amide bonds. The van der Waals surface area contributed by atoms with Crippen molar-refractivity contribution in [2.45, 2.75) is 303 Å². The average molecular weight is 803 g/mol. The summed E-state index contributed by atoms with van der Waals surface area (Å²) in [5, 5.41) is 0. The van der Waals surface area contributed by atoms with Gasteiger partial charge >= 0.3 is 11.9 Å². The van der Waals surface area contributed by atoms with Crippen molar-refractivity contribution in [3.63, 3.8) is 0 Å². The number of esters is 2. The van der Waals surface area contributed by atoms with Gasteiger partial charge in [-0.2, -0.15) is 0 Å². The van der Waals surface area contributed by atoms with Crippen LogP contribution in [-0.2, 0) is 19.1 Å². The van der Waals surface area contributed by atoms with E-state index in [2.05, 4.69) is 20.4 Å². The van der Waals surface area contributed by atoms with Gasteiger partial charge in [0.2, 0.25) is 0 Å². The van der Waals surface area contributed by atoms with E-state index in [4.69, 9.17) is 9.47 Å². The van der Waals surface area contributed by atoms with Gasteiger partial charge in [0.25, 0.3) is 0 Å². The molecule has 0 radical (unpaired) electrons. The SMILES string of the molecule is C=C(CC(=O)OCCCCCCCCCCCCCCCCCCCCCCCC)C(=O)OCCCCCCCCCCCCCCCCCCCCCCCC. The standard InChI is InChI=1S/C53H102O4/c1-4-6-8-10-12-14-16-18-20-22-24-26-28-30-32-34-36-38-40-42-44-46-48-56-52(54)50-51(3)53(55)57-49-47-45-43-41-39-37-35-33-31-29-27-25-23-21-19-17-15-13-11-9-7-5-2/h3-50H2,1-2H3. The molecule has 0 fully saturated rings. The van der Waals surface area contributed by atoms with Crippen LogP contribution in [0.4, 0.5) is 0 Å². The largest absolute Gasteiger partial charge is 0.465 e. The highest BCUT2D eigenvalue weighted by Crippen LogP contribution is 2.17. The van der Waals surface area contributed by atoms with Crippen molar-refractivity contribution < 1.29 is 19.1 Å². The Morgan fingerprint density at radius 2 is 0.491 bits per heavy atom. The fourth-order valence-corrected chi connectivity index (χ4v) is 8.17. The number of carbonyl (C=O) groups is 2. The molecule has 0 N–H and O–H groups in total. The molecule has 0 saturated heterocycles. The van der Waals surface area contributed by atoms with E-state index in [1.807, 2.05) is 0 Å². The number of hydrogen-bond acceptors (Lipinski definition) is 4. The van der Waals surface area contributed by atoms with Gasteiger partial charge in [-0.05, 0) is 12.8 Å². The maximum Gasteiger partial charge on any atom is 0.333 e. The topological polar surface area (TPSA) is 52.6 Å². The lowest BCUT2D eigenvalue weighted by atomic mass is 10.0. The van der Waals surface area contributed by atoms with Gasteiger partial charge in [0.1, 0.15) is 0 Å². The third-order valence-electron chi connectivity index (χ3n) is 12.1. The summed E-state index contributed by atoms with van der Waals surface area (Å²) in [6.45, 7) is 9.19. The van der Waals surface area contributed by atoms with E-state index < -0.39 is 5.97 Å². The van der Waals surface area contributed by atoms with Crippen molar-refractivity contribution in [2.75, 3.05) is 13.2 Å². The second-order valence-corrected chi connectivity index (χ2v) is 18.0. The molecule has 0 aliphatic rings. The molecule has 4 heteroatoms. The van der Waals surface area contributed by atoms with Crippen LogP contribution >= 0.6 is 0 Å². The Labute approximate surface area is 358 Å². The summed E-state index contributed by atoms with van der Waals surface area (Å²) >= 11 is 0. The lowest BCUT2D eigenvalue weighted by molar-refractivity contribution is -0.146. The Kier molecular flexibility index (Phi) is 47.9. The molecule has 0 spiro atoms. The first kappa shape index (κ1) is 55.7. The van der Waals surface area contributed by atoms with Crippen molar-refractivity contribution >= 4 is 11.9 Å². The molecule has 4 nitrogen and oxygen atoms in total. The number of carbonyl (C=O) groups excluding carboxylic acids is 2. The molecule has 0 unspecified atom stereocenters. The summed E-state index contributed by atoms with van der Waals surface area (Å²) in [5.74, 6) is -0.829. The first-order chi connectivity index (χ1) is 28.1. The third kappa shape index (κ3) is 47.2. The van der Waals surface area contributed by atoms with Gasteiger partial charge in [0, 0.05) is 5.57 Å². The van der Waals surface area contributed by atoms with Gasteiger partial charge in [0.15, 0.2) is 0 Å². The summed E-state index contributed by atoms with van der Waals surface area (Å²) in [4.78, 5) is 24.4.